The highest BCUT2D eigenvalue weighted by Gasteiger charge is 2.20. The van der Waals surface area contributed by atoms with Crippen LogP contribution in [-0.2, 0) is 0 Å². The smallest absolute Gasteiger partial charge is 0.255 e. The zero-order chi connectivity index (χ0) is 13.1. The molecule has 3 N–H and O–H groups in total. The minimum Gasteiger partial charge on any atom is -0.348 e. The Morgan fingerprint density at radius 2 is 2.00 bits per heavy atom. The van der Waals surface area contributed by atoms with Crippen LogP contribution >= 0.6 is 24.8 Å². The molecule has 2 heterocycles. The first-order chi connectivity index (χ1) is 9.34. The zero-order valence-electron chi connectivity index (χ0n) is 11.3. The van der Waals surface area contributed by atoms with Crippen molar-refractivity contribution in [2.24, 2.45) is 0 Å². The summed E-state index contributed by atoms with van der Waals surface area (Å²) in [5, 5.41) is 13.2. The number of hydrogen-bond acceptors (Lipinski definition) is 3. The maximum absolute atomic E-state index is 12.3. The van der Waals surface area contributed by atoms with E-state index in [-0.39, 0.29) is 36.8 Å². The van der Waals surface area contributed by atoms with E-state index in [1.807, 2.05) is 30.3 Å². The fraction of sp³-hybridized carbons (Fsp3) is 0.286. The molecule has 0 spiro atoms. The number of aromatic nitrogens is 2. The van der Waals surface area contributed by atoms with Gasteiger partial charge in [-0.25, -0.2) is 0 Å². The normalized spacial score (nSPS) is 16.7. The Bertz CT molecular complexity index is 567. The molecule has 5 nitrogen and oxygen atoms in total. The summed E-state index contributed by atoms with van der Waals surface area (Å²) in [6, 6.07) is 9.97. The van der Waals surface area contributed by atoms with E-state index in [2.05, 4.69) is 20.8 Å². The third-order valence-corrected chi connectivity index (χ3v) is 3.34. The Balaban J connectivity index is 0.00000110. The number of benzene rings is 1. The van der Waals surface area contributed by atoms with Crippen LogP contribution in [0.1, 0.15) is 16.8 Å². The number of H-pyrrole nitrogens is 1. The summed E-state index contributed by atoms with van der Waals surface area (Å²) in [6.45, 7) is 1.80. The second-order valence-corrected chi connectivity index (χ2v) is 4.69. The largest absolute Gasteiger partial charge is 0.348 e. The van der Waals surface area contributed by atoms with Crippen LogP contribution in [-0.4, -0.2) is 35.2 Å². The molecule has 0 radical (unpaired) electrons. The minimum atomic E-state index is -0.0682. The van der Waals surface area contributed by atoms with E-state index in [0.717, 1.165) is 30.8 Å². The van der Waals surface area contributed by atoms with Crippen LogP contribution in [0.25, 0.3) is 11.3 Å². The highest BCUT2D eigenvalue weighted by molar-refractivity contribution is 5.99. The van der Waals surface area contributed by atoms with Crippen molar-refractivity contribution in [3.8, 4) is 11.3 Å². The standard InChI is InChI=1S/C14H16N4O.2ClH/c19-14(17-11-6-7-15-8-11)12-9-16-18-13(12)10-4-2-1-3-5-10;;/h1-5,9,11,15H,6-8H2,(H,16,18)(H,17,19);2*1H/t11-;;/m1../s1. The maximum Gasteiger partial charge on any atom is 0.255 e. The number of hydrogen-bond donors (Lipinski definition) is 3. The molecule has 0 saturated carbocycles. The van der Waals surface area contributed by atoms with E-state index in [1.165, 1.54) is 0 Å². The maximum atomic E-state index is 12.3. The monoisotopic (exact) mass is 328 g/mol. The number of aromatic amines is 1. The predicted molar refractivity (Wildman–Crippen MR) is 87.3 cm³/mol. The van der Waals surface area contributed by atoms with Crippen molar-refractivity contribution in [1.82, 2.24) is 20.8 Å². The van der Waals surface area contributed by atoms with Crippen LogP contribution in [0.4, 0.5) is 0 Å². The van der Waals surface area contributed by atoms with Gasteiger partial charge >= 0.3 is 0 Å². The summed E-state index contributed by atoms with van der Waals surface area (Å²) in [5.41, 5.74) is 2.33. The molecule has 114 valence electrons. The van der Waals surface area contributed by atoms with E-state index in [1.54, 1.807) is 6.20 Å². The van der Waals surface area contributed by atoms with Gasteiger partial charge in [0.25, 0.3) is 5.91 Å². The summed E-state index contributed by atoms with van der Waals surface area (Å²) in [5.74, 6) is -0.0682. The molecule has 1 amide bonds. The van der Waals surface area contributed by atoms with Crippen LogP contribution in [0, 0.1) is 0 Å². The summed E-state index contributed by atoms with van der Waals surface area (Å²) in [4.78, 5) is 12.3. The molecular formula is C14H18Cl2N4O. The SMILES string of the molecule is Cl.Cl.O=C(N[C@@H]1CCNC1)c1cn[nH]c1-c1ccccc1. The van der Waals surface area contributed by atoms with Crippen LogP contribution in [0.2, 0.25) is 0 Å². The topological polar surface area (TPSA) is 69.8 Å². The van der Waals surface area contributed by atoms with Gasteiger partial charge < -0.3 is 10.6 Å². The van der Waals surface area contributed by atoms with Crippen LogP contribution in [0.5, 0.6) is 0 Å². The molecule has 1 aromatic carbocycles. The third kappa shape index (κ3) is 3.97. The number of halogens is 2. The van der Waals surface area contributed by atoms with E-state index in [0.29, 0.717) is 5.56 Å². The van der Waals surface area contributed by atoms with Gasteiger partial charge in [0, 0.05) is 18.2 Å². The average molecular weight is 329 g/mol. The molecule has 0 bridgehead atoms. The van der Waals surface area contributed by atoms with Crippen molar-refractivity contribution in [2.45, 2.75) is 12.5 Å². The number of carbonyl (C=O) groups is 1. The molecular weight excluding hydrogens is 311 g/mol. The predicted octanol–water partition coefficient (Wildman–Crippen LogP) is 2.01. The van der Waals surface area contributed by atoms with Gasteiger partial charge in [-0.3, -0.25) is 9.89 Å². The van der Waals surface area contributed by atoms with Crippen molar-refractivity contribution >= 4 is 30.7 Å². The highest BCUT2D eigenvalue weighted by atomic mass is 35.5. The number of rotatable bonds is 3. The van der Waals surface area contributed by atoms with Gasteiger partial charge in [-0.15, -0.1) is 24.8 Å². The van der Waals surface area contributed by atoms with Gasteiger partial charge in [-0.05, 0) is 13.0 Å². The summed E-state index contributed by atoms with van der Waals surface area (Å²) >= 11 is 0. The Hall–Kier alpha value is -1.56. The lowest BCUT2D eigenvalue weighted by Gasteiger charge is -2.11. The molecule has 1 aromatic heterocycles. The molecule has 1 fully saturated rings. The van der Waals surface area contributed by atoms with Crippen LogP contribution in [0.3, 0.4) is 0 Å². The number of carbonyl (C=O) groups excluding carboxylic acids is 1. The first-order valence-electron chi connectivity index (χ1n) is 6.45. The molecule has 21 heavy (non-hydrogen) atoms. The molecule has 0 aliphatic carbocycles. The van der Waals surface area contributed by atoms with Gasteiger partial charge in [0.15, 0.2) is 0 Å². The molecule has 0 unspecified atom stereocenters. The van der Waals surface area contributed by atoms with Gasteiger partial charge in [0.2, 0.25) is 0 Å². The molecule has 2 aromatic rings. The molecule has 3 rings (SSSR count). The quantitative estimate of drug-likeness (QED) is 0.807. The van der Waals surface area contributed by atoms with Gasteiger partial charge in [-0.2, -0.15) is 5.10 Å². The van der Waals surface area contributed by atoms with E-state index in [4.69, 9.17) is 0 Å². The fourth-order valence-electron chi connectivity index (χ4n) is 2.32. The molecule has 1 atom stereocenters. The van der Waals surface area contributed by atoms with Crippen molar-refractivity contribution in [1.29, 1.82) is 0 Å². The summed E-state index contributed by atoms with van der Waals surface area (Å²) in [7, 11) is 0. The first-order valence-corrected chi connectivity index (χ1v) is 6.45. The lowest BCUT2D eigenvalue weighted by atomic mass is 10.1. The molecule has 1 aliphatic heterocycles. The van der Waals surface area contributed by atoms with Crippen molar-refractivity contribution in [3.63, 3.8) is 0 Å². The number of amides is 1. The van der Waals surface area contributed by atoms with Crippen molar-refractivity contribution < 1.29 is 4.79 Å². The second kappa shape index (κ2) is 8.02. The second-order valence-electron chi connectivity index (χ2n) is 4.69. The zero-order valence-corrected chi connectivity index (χ0v) is 13.0. The van der Waals surface area contributed by atoms with Gasteiger partial charge in [-0.1, -0.05) is 30.3 Å². The van der Waals surface area contributed by atoms with Crippen LogP contribution in [0.15, 0.2) is 36.5 Å². The minimum absolute atomic E-state index is 0. The van der Waals surface area contributed by atoms with E-state index in [9.17, 15) is 4.79 Å². The number of nitrogens with zero attached hydrogens (tertiary/aromatic N) is 1. The molecule has 1 aliphatic rings. The van der Waals surface area contributed by atoms with Crippen LogP contribution < -0.4 is 10.6 Å². The Labute approximate surface area is 135 Å². The lowest BCUT2D eigenvalue weighted by molar-refractivity contribution is 0.0941. The Morgan fingerprint density at radius 3 is 2.67 bits per heavy atom. The summed E-state index contributed by atoms with van der Waals surface area (Å²) < 4.78 is 0. The Kier molecular flexibility index (Phi) is 6.68. The first kappa shape index (κ1) is 17.5. The lowest BCUT2D eigenvalue weighted by Crippen LogP contribution is -2.36. The highest BCUT2D eigenvalue weighted by Crippen LogP contribution is 2.20. The molecule has 1 saturated heterocycles. The van der Waals surface area contributed by atoms with Crippen molar-refractivity contribution in [3.05, 3.63) is 42.1 Å². The van der Waals surface area contributed by atoms with E-state index >= 15 is 0 Å². The number of nitrogens with one attached hydrogen (secondary N) is 3. The summed E-state index contributed by atoms with van der Waals surface area (Å²) in [6.07, 6.45) is 2.56. The van der Waals surface area contributed by atoms with E-state index < -0.39 is 0 Å². The third-order valence-electron chi connectivity index (χ3n) is 3.34. The van der Waals surface area contributed by atoms with Gasteiger partial charge in [0.05, 0.1) is 17.5 Å². The fourth-order valence-corrected chi connectivity index (χ4v) is 2.32. The average Bonchev–Trinajstić information content (AvgIpc) is 3.10. The molecule has 7 heteroatoms. The Morgan fingerprint density at radius 1 is 1.24 bits per heavy atom. The van der Waals surface area contributed by atoms with Gasteiger partial charge in [0.1, 0.15) is 0 Å². The van der Waals surface area contributed by atoms with Crippen molar-refractivity contribution in [2.75, 3.05) is 13.1 Å².